The second kappa shape index (κ2) is 11.5. The van der Waals surface area contributed by atoms with Crippen LogP contribution < -0.4 is 10.1 Å². The summed E-state index contributed by atoms with van der Waals surface area (Å²) < 4.78 is 20.8. The minimum atomic E-state index is 0.289. The Labute approximate surface area is 127 Å². The zero-order valence-electron chi connectivity index (χ0n) is 13.3. The molecule has 1 aromatic rings. The van der Waals surface area contributed by atoms with Crippen LogP contribution in [-0.4, -0.2) is 53.8 Å². The molecule has 1 rings (SSSR count). The Kier molecular flexibility index (Phi) is 9.82. The lowest BCUT2D eigenvalue weighted by atomic mass is 10.1. The van der Waals surface area contributed by atoms with E-state index in [2.05, 4.69) is 24.4 Å². The quantitative estimate of drug-likeness (QED) is 0.598. The number of methoxy groups -OCH3 is 2. The number of hydrogen-bond acceptors (Lipinski definition) is 5. The Balaban J connectivity index is 2.03. The zero-order valence-corrected chi connectivity index (χ0v) is 13.3. The molecule has 0 spiro atoms. The molecule has 0 amide bonds. The van der Waals surface area contributed by atoms with Gasteiger partial charge in [0.15, 0.2) is 0 Å². The monoisotopic (exact) mass is 297 g/mol. The van der Waals surface area contributed by atoms with Crippen molar-refractivity contribution in [2.24, 2.45) is 0 Å². The lowest BCUT2D eigenvalue weighted by molar-refractivity contribution is 0.0253. The molecule has 0 saturated carbocycles. The zero-order chi connectivity index (χ0) is 15.3. The van der Waals surface area contributed by atoms with Gasteiger partial charge in [-0.2, -0.15) is 0 Å². The number of benzene rings is 1. The number of nitrogens with one attached hydrogen (secondary N) is 1. The molecule has 0 radical (unpaired) electrons. The van der Waals surface area contributed by atoms with Gasteiger partial charge in [0.2, 0.25) is 0 Å². The fourth-order valence-electron chi connectivity index (χ4n) is 1.82. The van der Waals surface area contributed by atoms with E-state index in [-0.39, 0.29) is 6.04 Å². The largest absolute Gasteiger partial charge is 0.497 e. The number of ether oxygens (including phenoxy) is 4. The van der Waals surface area contributed by atoms with Crippen LogP contribution in [0.5, 0.6) is 5.75 Å². The average Bonchev–Trinajstić information content (AvgIpc) is 2.53. The molecule has 0 fully saturated rings. The van der Waals surface area contributed by atoms with Crippen molar-refractivity contribution in [3.8, 4) is 5.75 Å². The summed E-state index contributed by atoms with van der Waals surface area (Å²) in [6, 6.07) is 8.38. The van der Waals surface area contributed by atoms with Crippen LogP contribution in [0.2, 0.25) is 0 Å². The summed E-state index contributed by atoms with van der Waals surface area (Å²) in [5, 5.41) is 3.42. The Morgan fingerprint density at radius 3 is 2.14 bits per heavy atom. The van der Waals surface area contributed by atoms with Gasteiger partial charge in [0.25, 0.3) is 0 Å². The first-order chi connectivity index (χ1) is 10.3. The first-order valence-corrected chi connectivity index (χ1v) is 7.29. The molecular formula is C16H27NO4. The van der Waals surface area contributed by atoms with Crippen molar-refractivity contribution < 1.29 is 18.9 Å². The maximum absolute atomic E-state index is 5.49. The molecule has 120 valence electrons. The predicted molar refractivity (Wildman–Crippen MR) is 82.9 cm³/mol. The molecule has 5 heteroatoms. The highest BCUT2D eigenvalue weighted by Crippen LogP contribution is 2.16. The normalized spacial score (nSPS) is 12.3. The van der Waals surface area contributed by atoms with Gasteiger partial charge in [-0.15, -0.1) is 0 Å². The molecule has 1 N–H and O–H groups in total. The van der Waals surface area contributed by atoms with E-state index in [1.807, 2.05) is 12.1 Å². The fourth-order valence-corrected chi connectivity index (χ4v) is 1.82. The van der Waals surface area contributed by atoms with Crippen LogP contribution in [0.1, 0.15) is 18.5 Å². The second-order valence-electron chi connectivity index (χ2n) is 4.67. The molecule has 21 heavy (non-hydrogen) atoms. The first kappa shape index (κ1) is 17.9. The summed E-state index contributed by atoms with van der Waals surface area (Å²) >= 11 is 0. The SMILES string of the molecule is COCCOCCOCCNC(C)c1ccc(OC)cc1. The van der Waals surface area contributed by atoms with Crippen molar-refractivity contribution in [3.05, 3.63) is 29.8 Å². The molecule has 0 bridgehead atoms. The summed E-state index contributed by atoms with van der Waals surface area (Å²) in [4.78, 5) is 0. The van der Waals surface area contributed by atoms with Gasteiger partial charge >= 0.3 is 0 Å². The smallest absolute Gasteiger partial charge is 0.118 e. The summed E-state index contributed by atoms with van der Waals surface area (Å²) in [7, 11) is 3.34. The average molecular weight is 297 g/mol. The van der Waals surface area contributed by atoms with Crippen LogP contribution in [0.4, 0.5) is 0 Å². The van der Waals surface area contributed by atoms with Gasteiger partial charge in [-0.1, -0.05) is 12.1 Å². The van der Waals surface area contributed by atoms with Crippen LogP contribution >= 0.6 is 0 Å². The van der Waals surface area contributed by atoms with Crippen LogP contribution in [0.25, 0.3) is 0 Å². The Morgan fingerprint density at radius 1 is 0.905 bits per heavy atom. The van der Waals surface area contributed by atoms with Crippen molar-refractivity contribution in [1.82, 2.24) is 5.32 Å². The van der Waals surface area contributed by atoms with E-state index < -0.39 is 0 Å². The van der Waals surface area contributed by atoms with Gasteiger partial charge in [0, 0.05) is 19.7 Å². The molecule has 0 aromatic heterocycles. The van der Waals surface area contributed by atoms with Crippen molar-refractivity contribution >= 4 is 0 Å². The van der Waals surface area contributed by atoms with E-state index in [4.69, 9.17) is 18.9 Å². The first-order valence-electron chi connectivity index (χ1n) is 7.29. The third-order valence-electron chi connectivity index (χ3n) is 3.12. The van der Waals surface area contributed by atoms with Crippen LogP contribution in [-0.2, 0) is 14.2 Å². The molecular weight excluding hydrogens is 270 g/mol. The molecule has 0 heterocycles. The third-order valence-corrected chi connectivity index (χ3v) is 3.12. The molecule has 0 saturated heterocycles. The minimum Gasteiger partial charge on any atom is -0.497 e. The summed E-state index contributed by atoms with van der Waals surface area (Å²) in [5.74, 6) is 0.878. The van der Waals surface area contributed by atoms with E-state index in [1.54, 1.807) is 14.2 Å². The molecule has 0 aliphatic heterocycles. The van der Waals surface area contributed by atoms with E-state index in [9.17, 15) is 0 Å². The highest BCUT2D eigenvalue weighted by atomic mass is 16.5. The van der Waals surface area contributed by atoms with Gasteiger partial charge in [-0.25, -0.2) is 0 Å². The van der Waals surface area contributed by atoms with E-state index in [0.29, 0.717) is 33.0 Å². The molecule has 1 unspecified atom stereocenters. The standard InChI is InChI=1S/C16H27NO4/c1-14(15-4-6-16(19-3)7-5-15)17-8-9-20-12-13-21-11-10-18-2/h4-7,14,17H,8-13H2,1-3H3. The van der Waals surface area contributed by atoms with Gasteiger partial charge in [-0.3, -0.25) is 0 Å². The second-order valence-corrected chi connectivity index (χ2v) is 4.67. The molecule has 0 aliphatic rings. The molecule has 5 nitrogen and oxygen atoms in total. The van der Waals surface area contributed by atoms with E-state index in [0.717, 1.165) is 12.3 Å². The molecule has 1 aromatic carbocycles. The number of hydrogen-bond donors (Lipinski definition) is 1. The van der Waals surface area contributed by atoms with Crippen molar-refractivity contribution in [2.45, 2.75) is 13.0 Å². The van der Waals surface area contributed by atoms with Gasteiger partial charge < -0.3 is 24.3 Å². The lowest BCUT2D eigenvalue weighted by Crippen LogP contribution is -2.24. The summed E-state index contributed by atoms with van der Waals surface area (Å²) in [6.07, 6.45) is 0. The van der Waals surface area contributed by atoms with Gasteiger partial charge in [0.1, 0.15) is 5.75 Å². The van der Waals surface area contributed by atoms with Crippen LogP contribution in [0.3, 0.4) is 0 Å². The third kappa shape index (κ3) is 8.02. The Hall–Kier alpha value is -1.14. The number of rotatable bonds is 12. The summed E-state index contributed by atoms with van der Waals surface area (Å²) in [6.45, 7) is 6.09. The maximum atomic E-state index is 5.49. The topological polar surface area (TPSA) is 49.0 Å². The van der Waals surface area contributed by atoms with E-state index in [1.165, 1.54) is 5.56 Å². The highest BCUT2D eigenvalue weighted by Gasteiger charge is 2.04. The highest BCUT2D eigenvalue weighted by molar-refractivity contribution is 5.28. The molecule has 1 atom stereocenters. The summed E-state index contributed by atoms with van der Waals surface area (Å²) in [5.41, 5.74) is 1.23. The minimum absolute atomic E-state index is 0.289. The maximum Gasteiger partial charge on any atom is 0.118 e. The molecule has 0 aliphatic carbocycles. The van der Waals surface area contributed by atoms with Gasteiger partial charge in [-0.05, 0) is 24.6 Å². The van der Waals surface area contributed by atoms with Crippen LogP contribution in [0.15, 0.2) is 24.3 Å². The van der Waals surface area contributed by atoms with Crippen molar-refractivity contribution in [2.75, 3.05) is 53.8 Å². The Bertz CT molecular complexity index is 356. The Morgan fingerprint density at radius 2 is 1.52 bits per heavy atom. The van der Waals surface area contributed by atoms with Crippen molar-refractivity contribution in [1.29, 1.82) is 0 Å². The lowest BCUT2D eigenvalue weighted by Gasteiger charge is -2.14. The van der Waals surface area contributed by atoms with Crippen molar-refractivity contribution in [3.63, 3.8) is 0 Å². The predicted octanol–water partition coefficient (Wildman–Crippen LogP) is 2.03. The van der Waals surface area contributed by atoms with Gasteiger partial charge in [0.05, 0.1) is 40.1 Å². The van der Waals surface area contributed by atoms with Crippen LogP contribution in [0, 0.1) is 0 Å². The fraction of sp³-hybridized carbons (Fsp3) is 0.625. The van der Waals surface area contributed by atoms with E-state index >= 15 is 0 Å².